The first-order valence-corrected chi connectivity index (χ1v) is 9.98. The van der Waals surface area contributed by atoms with Crippen molar-refractivity contribution in [2.75, 3.05) is 0 Å². The van der Waals surface area contributed by atoms with Crippen LogP contribution in [-0.2, 0) is 9.59 Å². The van der Waals surface area contributed by atoms with Crippen LogP contribution >= 0.6 is 22.7 Å². The first-order valence-electron chi connectivity index (χ1n) is 8.35. The average Bonchev–Trinajstić information content (AvgIpc) is 3.26. The van der Waals surface area contributed by atoms with Crippen molar-refractivity contribution in [3.63, 3.8) is 0 Å². The minimum Gasteiger partial charge on any atom is -0.545 e. The van der Waals surface area contributed by atoms with Crippen LogP contribution in [0.2, 0.25) is 0 Å². The molecule has 0 spiro atoms. The molecule has 2 aromatic carbocycles. The standard InChI is InChI=1S/C22H14O4S2/c23-21(24)17(11-15-9-13-5-1-3-7-19(13)27-15)18(22(25)26)12-16-10-14-6-2-4-8-20(14)28-16/h1-12H,(H,23,24)(H,25,26)/p-2/b17-11+,18-12+. The lowest BCUT2D eigenvalue weighted by Gasteiger charge is -2.14. The van der Waals surface area contributed by atoms with E-state index in [4.69, 9.17) is 0 Å². The van der Waals surface area contributed by atoms with Crippen molar-refractivity contribution in [1.29, 1.82) is 0 Å². The third-order valence-electron chi connectivity index (χ3n) is 4.19. The normalized spacial score (nSPS) is 12.6. The summed E-state index contributed by atoms with van der Waals surface area (Å²) in [4.78, 5) is 24.7. The van der Waals surface area contributed by atoms with E-state index in [-0.39, 0.29) is 0 Å². The van der Waals surface area contributed by atoms with Gasteiger partial charge in [0.1, 0.15) is 0 Å². The minimum absolute atomic E-state index is 0.413. The monoisotopic (exact) mass is 404 g/mol. The maximum absolute atomic E-state index is 11.7. The smallest absolute Gasteiger partial charge is 0.0722 e. The Kier molecular flexibility index (Phi) is 4.81. The molecule has 0 aliphatic rings. The Balaban J connectivity index is 1.82. The second-order valence-corrected chi connectivity index (χ2v) is 8.29. The van der Waals surface area contributed by atoms with Gasteiger partial charge in [0.25, 0.3) is 0 Å². The van der Waals surface area contributed by atoms with Gasteiger partial charge in [0.05, 0.1) is 11.9 Å². The van der Waals surface area contributed by atoms with Gasteiger partial charge < -0.3 is 19.8 Å². The molecular formula is C22H12O4S2-2. The molecule has 0 saturated carbocycles. The largest absolute Gasteiger partial charge is 0.545 e. The number of rotatable bonds is 5. The number of aliphatic carboxylic acids is 2. The number of carboxylic acid groups (broad SMARTS) is 2. The molecular weight excluding hydrogens is 392 g/mol. The van der Waals surface area contributed by atoms with Crippen molar-refractivity contribution in [3.8, 4) is 0 Å². The lowest BCUT2D eigenvalue weighted by molar-refractivity contribution is -0.304. The number of carbonyl (C=O) groups is 2. The summed E-state index contributed by atoms with van der Waals surface area (Å²) in [5.41, 5.74) is -0.826. The minimum atomic E-state index is -1.56. The lowest BCUT2D eigenvalue weighted by Crippen LogP contribution is -2.32. The Morgan fingerprint density at radius 3 is 1.43 bits per heavy atom. The maximum atomic E-state index is 11.7. The van der Waals surface area contributed by atoms with Gasteiger partial charge >= 0.3 is 0 Å². The Morgan fingerprint density at radius 1 is 0.679 bits per heavy atom. The van der Waals surface area contributed by atoms with Crippen LogP contribution in [0.15, 0.2) is 71.8 Å². The predicted molar refractivity (Wildman–Crippen MR) is 110 cm³/mol. The van der Waals surface area contributed by atoms with E-state index in [2.05, 4.69) is 0 Å². The van der Waals surface area contributed by atoms with Gasteiger partial charge in [0, 0.05) is 30.3 Å². The Hall–Kier alpha value is -3.22. The van der Waals surface area contributed by atoms with Gasteiger partial charge in [-0.1, -0.05) is 36.4 Å². The molecule has 28 heavy (non-hydrogen) atoms. The molecule has 0 atom stereocenters. The molecule has 0 aliphatic carbocycles. The Morgan fingerprint density at radius 2 is 1.07 bits per heavy atom. The van der Waals surface area contributed by atoms with Crippen LogP contribution in [0.3, 0.4) is 0 Å². The number of carbonyl (C=O) groups excluding carboxylic acids is 2. The first kappa shape index (κ1) is 18.2. The summed E-state index contributed by atoms with van der Waals surface area (Å²) in [7, 11) is 0. The number of thiophene rings is 2. The van der Waals surface area contributed by atoms with E-state index in [9.17, 15) is 19.8 Å². The highest BCUT2D eigenvalue weighted by molar-refractivity contribution is 7.20. The molecule has 138 valence electrons. The zero-order chi connectivity index (χ0) is 19.7. The van der Waals surface area contributed by atoms with Gasteiger partial charge in [-0.15, -0.1) is 22.7 Å². The number of carboxylic acids is 2. The molecule has 6 heteroatoms. The zero-order valence-corrected chi connectivity index (χ0v) is 16.0. The van der Waals surface area contributed by atoms with E-state index >= 15 is 0 Å². The molecule has 0 N–H and O–H groups in total. The molecule has 0 radical (unpaired) electrons. The summed E-state index contributed by atoms with van der Waals surface area (Å²) in [6.07, 6.45) is 2.66. The van der Waals surface area contributed by atoms with Gasteiger partial charge in [-0.3, -0.25) is 0 Å². The number of hydrogen-bond donors (Lipinski definition) is 0. The fraction of sp³-hybridized carbons (Fsp3) is 0. The molecule has 4 nitrogen and oxygen atoms in total. The first-order chi connectivity index (χ1) is 13.5. The van der Waals surface area contributed by atoms with Crippen molar-refractivity contribution < 1.29 is 19.8 Å². The highest BCUT2D eigenvalue weighted by atomic mass is 32.1. The van der Waals surface area contributed by atoms with Crippen LogP contribution in [0.1, 0.15) is 9.75 Å². The van der Waals surface area contributed by atoms with Gasteiger partial charge in [-0.05, 0) is 47.2 Å². The summed E-state index contributed by atoms with van der Waals surface area (Å²) in [5, 5.41) is 25.4. The van der Waals surface area contributed by atoms with Crippen LogP contribution in [0.25, 0.3) is 32.3 Å². The molecule has 4 rings (SSSR count). The second-order valence-electron chi connectivity index (χ2n) is 6.06. The fourth-order valence-corrected chi connectivity index (χ4v) is 4.94. The average molecular weight is 404 g/mol. The van der Waals surface area contributed by atoms with Crippen molar-refractivity contribution in [2.24, 2.45) is 0 Å². The van der Waals surface area contributed by atoms with Crippen molar-refractivity contribution in [3.05, 3.63) is 81.6 Å². The summed E-state index contributed by atoms with van der Waals surface area (Å²) in [6.45, 7) is 0. The Labute approximate surface area is 168 Å². The highest BCUT2D eigenvalue weighted by Crippen LogP contribution is 2.30. The number of benzene rings is 2. The molecule has 0 amide bonds. The summed E-state index contributed by atoms with van der Waals surface area (Å²) < 4.78 is 1.96. The number of hydrogen-bond acceptors (Lipinski definition) is 6. The number of fused-ring (bicyclic) bond motifs is 2. The summed E-state index contributed by atoms with van der Waals surface area (Å²) in [6, 6.07) is 18.8. The van der Waals surface area contributed by atoms with Crippen LogP contribution in [0.4, 0.5) is 0 Å². The molecule has 0 bridgehead atoms. The lowest BCUT2D eigenvalue weighted by atomic mass is 10.0. The topological polar surface area (TPSA) is 80.3 Å². The summed E-state index contributed by atoms with van der Waals surface area (Å²) >= 11 is 2.75. The van der Waals surface area contributed by atoms with Crippen molar-refractivity contribution >= 4 is 66.9 Å². The van der Waals surface area contributed by atoms with Crippen LogP contribution in [0.5, 0.6) is 0 Å². The fourth-order valence-electron chi connectivity index (χ4n) is 2.92. The maximum Gasteiger partial charge on any atom is 0.0722 e. The van der Waals surface area contributed by atoms with E-state index < -0.39 is 23.1 Å². The Bertz CT molecular complexity index is 1110. The second kappa shape index (κ2) is 7.42. The molecule has 0 saturated heterocycles. The quantitative estimate of drug-likeness (QED) is 0.378. The van der Waals surface area contributed by atoms with Crippen LogP contribution in [0, 0.1) is 0 Å². The van der Waals surface area contributed by atoms with E-state index in [1.807, 2.05) is 60.7 Å². The SMILES string of the molecule is O=C([O-])C(=C/c1cc2ccccc2s1)/C(=C\c1cc2ccccc2s1)C(=O)[O-]. The van der Waals surface area contributed by atoms with Crippen LogP contribution in [-0.4, -0.2) is 11.9 Å². The zero-order valence-electron chi connectivity index (χ0n) is 14.4. The summed E-state index contributed by atoms with van der Waals surface area (Å²) in [5.74, 6) is -3.12. The van der Waals surface area contributed by atoms with E-state index in [0.29, 0.717) is 9.75 Å². The predicted octanol–water partition coefficient (Wildman–Crippen LogP) is 3.08. The van der Waals surface area contributed by atoms with Crippen LogP contribution < -0.4 is 10.2 Å². The molecule has 4 aromatic rings. The van der Waals surface area contributed by atoms with E-state index in [1.54, 1.807) is 0 Å². The van der Waals surface area contributed by atoms with Gasteiger partial charge in [-0.25, -0.2) is 0 Å². The molecule has 2 heterocycles. The van der Waals surface area contributed by atoms with Gasteiger partial charge in [0.15, 0.2) is 0 Å². The third-order valence-corrected chi connectivity index (χ3v) is 6.32. The van der Waals surface area contributed by atoms with Gasteiger partial charge in [0.2, 0.25) is 0 Å². The van der Waals surface area contributed by atoms with Gasteiger partial charge in [-0.2, -0.15) is 0 Å². The van der Waals surface area contributed by atoms with Crippen molar-refractivity contribution in [2.45, 2.75) is 0 Å². The highest BCUT2D eigenvalue weighted by Gasteiger charge is 2.11. The molecule has 0 unspecified atom stereocenters. The molecule has 2 aromatic heterocycles. The third kappa shape index (κ3) is 3.60. The van der Waals surface area contributed by atoms with Crippen molar-refractivity contribution in [1.82, 2.24) is 0 Å². The molecule has 0 fully saturated rings. The van der Waals surface area contributed by atoms with E-state index in [0.717, 1.165) is 20.2 Å². The van der Waals surface area contributed by atoms with E-state index in [1.165, 1.54) is 34.8 Å². The molecule has 0 aliphatic heterocycles.